The molecule has 0 saturated heterocycles. The zero-order valence-electron chi connectivity index (χ0n) is 10.9. The van der Waals surface area contributed by atoms with E-state index in [0.29, 0.717) is 5.56 Å². The van der Waals surface area contributed by atoms with Gasteiger partial charge in [-0.1, -0.05) is 36.4 Å². The van der Waals surface area contributed by atoms with Crippen LogP contribution in [-0.2, 0) is 12.6 Å². The zero-order chi connectivity index (χ0) is 14.8. The zero-order valence-corrected chi connectivity index (χ0v) is 10.9. The predicted octanol–water partition coefficient (Wildman–Crippen LogP) is 4.44. The van der Waals surface area contributed by atoms with E-state index in [1.165, 1.54) is 12.1 Å². The van der Waals surface area contributed by atoms with Crippen LogP contribution in [0, 0.1) is 6.92 Å². The van der Waals surface area contributed by atoms with Crippen LogP contribution in [0.15, 0.2) is 48.5 Å². The Balaban J connectivity index is 2.16. The minimum absolute atomic E-state index is 0.187. The molecule has 0 saturated carbocycles. The topological polar surface area (TPSA) is 17.1 Å². The van der Waals surface area contributed by atoms with E-state index < -0.39 is 11.7 Å². The highest BCUT2D eigenvalue weighted by molar-refractivity contribution is 5.97. The summed E-state index contributed by atoms with van der Waals surface area (Å²) in [6.07, 6.45) is -4.18. The molecule has 1 nitrogen and oxygen atoms in total. The van der Waals surface area contributed by atoms with Crippen LogP contribution in [0.1, 0.15) is 27.0 Å². The lowest BCUT2D eigenvalue weighted by molar-refractivity contribution is -0.137. The second-order valence-corrected chi connectivity index (χ2v) is 4.60. The van der Waals surface area contributed by atoms with Gasteiger partial charge in [-0.3, -0.25) is 4.79 Å². The lowest BCUT2D eigenvalue weighted by Crippen LogP contribution is -2.08. The molecule has 0 spiro atoms. The molecule has 20 heavy (non-hydrogen) atoms. The highest BCUT2D eigenvalue weighted by atomic mass is 19.4. The molecule has 0 heterocycles. The van der Waals surface area contributed by atoms with E-state index in [9.17, 15) is 18.0 Å². The molecule has 0 aliphatic rings. The minimum Gasteiger partial charge on any atom is -0.294 e. The number of alkyl halides is 3. The van der Waals surface area contributed by atoms with E-state index in [-0.39, 0.29) is 12.2 Å². The molecule has 0 fully saturated rings. The number of rotatable bonds is 3. The number of aryl methyl sites for hydroxylation is 1. The first kappa shape index (κ1) is 14.3. The summed E-state index contributed by atoms with van der Waals surface area (Å²) in [5.41, 5.74) is 1.43. The normalized spacial score (nSPS) is 11.4. The smallest absolute Gasteiger partial charge is 0.294 e. The summed E-state index contributed by atoms with van der Waals surface area (Å²) < 4.78 is 37.3. The summed E-state index contributed by atoms with van der Waals surface area (Å²) >= 11 is 0. The summed E-state index contributed by atoms with van der Waals surface area (Å²) in [5.74, 6) is -0.187. The molecule has 0 aliphatic heterocycles. The maximum atomic E-state index is 12.4. The van der Waals surface area contributed by atoms with Gasteiger partial charge in [0.1, 0.15) is 0 Å². The standard InChI is InChI=1S/C16H13F3O/c1-11-4-2-3-5-13(11)10-15(20)12-6-8-14(9-7-12)16(17,18)19/h2-9H,10H2,1H3. The number of ketones is 1. The van der Waals surface area contributed by atoms with Gasteiger partial charge < -0.3 is 0 Å². The van der Waals surface area contributed by atoms with Crippen molar-refractivity contribution in [1.82, 2.24) is 0 Å². The van der Waals surface area contributed by atoms with Crippen LogP contribution >= 0.6 is 0 Å². The van der Waals surface area contributed by atoms with Crippen LogP contribution in [0.2, 0.25) is 0 Å². The van der Waals surface area contributed by atoms with Gasteiger partial charge in [-0.05, 0) is 30.2 Å². The second kappa shape index (κ2) is 5.49. The van der Waals surface area contributed by atoms with Crippen molar-refractivity contribution in [3.8, 4) is 0 Å². The van der Waals surface area contributed by atoms with Gasteiger partial charge >= 0.3 is 6.18 Å². The van der Waals surface area contributed by atoms with E-state index in [4.69, 9.17) is 0 Å². The summed E-state index contributed by atoms with van der Waals surface area (Å²) in [7, 11) is 0. The number of hydrogen-bond donors (Lipinski definition) is 0. The number of halogens is 3. The highest BCUT2D eigenvalue weighted by Crippen LogP contribution is 2.29. The Morgan fingerprint density at radius 1 is 1.00 bits per heavy atom. The van der Waals surface area contributed by atoms with Gasteiger partial charge in [0.25, 0.3) is 0 Å². The van der Waals surface area contributed by atoms with Crippen molar-refractivity contribution in [2.45, 2.75) is 19.5 Å². The fraction of sp³-hybridized carbons (Fsp3) is 0.188. The lowest BCUT2D eigenvalue weighted by Gasteiger charge is -2.08. The Bertz CT molecular complexity index is 612. The molecule has 0 N–H and O–H groups in total. The van der Waals surface area contributed by atoms with E-state index in [1.807, 2.05) is 31.2 Å². The van der Waals surface area contributed by atoms with Crippen molar-refractivity contribution < 1.29 is 18.0 Å². The average Bonchev–Trinajstić information content (AvgIpc) is 2.40. The molecule has 0 aromatic heterocycles. The Kier molecular flexibility index (Phi) is 3.93. The van der Waals surface area contributed by atoms with Gasteiger partial charge in [0.2, 0.25) is 0 Å². The van der Waals surface area contributed by atoms with E-state index in [0.717, 1.165) is 23.3 Å². The van der Waals surface area contributed by atoms with E-state index in [2.05, 4.69) is 0 Å². The van der Waals surface area contributed by atoms with Crippen LogP contribution in [0.5, 0.6) is 0 Å². The molecule has 2 rings (SSSR count). The third-order valence-corrected chi connectivity index (χ3v) is 3.15. The average molecular weight is 278 g/mol. The minimum atomic E-state index is -4.38. The number of hydrogen-bond acceptors (Lipinski definition) is 1. The quantitative estimate of drug-likeness (QED) is 0.759. The van der Waals surface area contributed by atoms with Crippen LogP contribution in [0.25, 0.3) is 0 Å². The number of carbonyl (C=O) groups excluding carboxylic acids is 1. The first-order valence-corrected chi connectivity index (χ1v) is 6.13. The Morgan fingerprint density at radius 3 is 2.15 bits per heavy atom. The first-order chi connectivity index (χ1) is 9.38. The number of Topliss-reactive ketones (excluding diaryl/α,β-unsaturated/α-hetero) is 1. The van der Waals surface area contributed by atoms with Gasteiger partial charge in [-0.2, -0.15) is 13.2 Å². The second-order valence-electron chi connectivity index (χ2n) is 4.60. The van der Waals surface area contributed by atoms with Crippen LogP contribution in [0.4, 0.5) is 13.2 Å². The molecular formula is C16H13F3O. The fourth-order valence-electron chi connectivity index (χ4n) is 1.93. The van der Waals surface area contributed by atoms with Crippen LogP contribution < -0.4 is 0 Å². The molecule has 2 aromatic rings. The molecule has 4 heteroatoms. The largest absolute Gasteiger partial charge is 0.416 e. The molecule has 104 valence electrons. The molecule has 0 aliphatic carbocycles. The Labute approximate surface area is 115 Å². The summed E-state index contributed by atoms with van der Waals surface area (Å²) in [4.78, 5) is 12.0. The SMILES string of the molecule is Cc1ccccc1CC(=O)c1ccc(C(F)(F)F)cc1. The van der Waals surface area contributed by atoms with Crippen molar-refractivity contribution in [3.05, 3.63) is 70.8 Å². The van der Waals surface area contributed by atoms with Gasteiger partial charge in [-0.25, -0.2) is 0 Å². The summed E-state index contributed by atoms with van der Waals surface area (Å²) in [6, 6.07) is 11.8. The van der Waals surface area contributed by atoms with Crippen molar-refractivity contribution in [3.63, 3.8) is 0 Å². The molecule has 0 bridgehead atoms. The van der Waals surface area contributed by atoms with Gasteiger partial charge in [-0.15, -0.1) is 0 Å². The monoisotopic (exact) mass is 278 g/mol. The van der Waals surface area contributed by atoms with Crippen molar-refractivity contribution in [1.29, 1.82) is 0 Å². The van der Waals surface area contributed by atoms with Gasteiger partial charge in [0, 0.05) is 12.0 Å². The predicted molar refractivity (Wildman–Crippen MR) is 70.7 cm³/mol. The van der Waals surface area contributed by atoms with Crippen molar-refractivity contribution >= 4 is 5.78 Å². The molecule has 2 aromatic carbocycles. The fourth-order valence-corrected chi connectivity index (χ4v) is 1.93. The van der Waals surface area contributed by atoms with Crippen LogP contribution in [0.3, 0.4) is 0 Å². The maximum Gasteiger partial charge on any atom is 0.416 e. The number of benzene rings is 2. The first-order valence-electron chi connectivity index (χ1n) is 6.13. The molecule has 0 radical (unpaired) electrons. The van der Waals surface area contributed by atoms with Crippen molar-refractivity contribution in [2.75, 3.05) is 0 Å². The molecular weight excluding hydrogens is 265 g/mol. The number of carbonyl (C=O) groups is 1. The summed E-state index contributed by atoms with van der Waals surface area (Å²) in [6.45, 7) is 1.90. The third-order valence-electron chi connectivity index (χ3n) is 3.15. The highest BCUT2D eigenvalue weighted by Gasteiger charge is 2.30. The van der Waals surface area contributed by atoms with Crippen LogP contribution in [-0.4, -0.2) is 5.78 Å². The Morgan fingerprint density at radius 2 is 1.60 bits per heavy atom. The van der Waals surface area contributed by atoms with E-state index >= 15 is 0 Å². The Hall–Kier alpha value is -2.10. The maximum absolute atomic E-state index is 12.4. The van der Waals surface area contributed by atoms with Gasteiger partial charge in [0.05, 0.1) is 5.56 Å². The third kappa shape index (κ3) is 3.26. The van der Waals surface area contributed by atoms with E-state index in [1.54, 1.807) is 0 Å². The lowest BCUT2D eigenvalue weighted by atomic mass is 9.99. The molecule has 0 atom stereocenters. The molecule has 0 unspecified atom stereocenters. The van der Waals surface area contributed by atoms with Crippen molar-refractivity contribution in [2.24, 2.45) is 0 Å². The van der Waals surface area contributed by atoms with Gasteiger partial charge in [0.15, 0.2) is 5.78 Å². The molecule has 0 amide bonds. The summed E-state index contributed by atoms with van der Waals surface area (Å²) in [5, 5.41) is 0.